The predicted molar refractivity (Wildman–Crippen MR) is 67.2 cm³/mol. The molecule has 1 aromatic carbocycles. The highest BCUT2D eigenvalue weighted by atomic mass is 35.5. The number of benzene rings is 1. The van der Waals surface area contributed by atoms with Crippen molar-refractivity contribution in [1.82, 2.24) is 4.90 Å². The van der Waals surface area contributed by atoms with Crippen LogP contribution in [0, 0.1) is 5.82 Å². The van der Waals surface area contributed by atoms with Crippen molar-refractivity contribution in [1.29, 1.82) is 0 Å². The summed E-state index contributed by atoms with van der Waals surface area (Å²) in [5, 5.41) is 11.7. The Morgan fingerprint density at radius 2 is 2.39 bits per heavy atom. The molecule has 6 heteroatoms. The van der Waals surface area contributed by atoms with E-state index in [2.05, 4.69) is 5.32 Å². The second kappa shape index (κ2) is 5.54. The van der Waals surface area contributed by atoms with Gasteiger partial charge in [0.1, 0.15) is 5.82 Å². The summed E-state index contributed by atoms with van der Waals surface area (Å²) >= 11 is 5.56. The summed E-state index contributed by atoms with van der Waals surface area (Å²) in [5.41, 5.74) is 0.352. The maximum Gasteiger partial charge on any atom is 0.322 e. The quantitative estimate of drug-likeness (QED) is 0.869. The number of halogens is 2. The highest BCUT2D eigenvalue weighted by Gasteiger charge is 2.28. The summed E-state index contributed by atoms with van der Waals surface area (Å²) in [5.74, 6) is -0.574. The lowest BCUT2D eigenvalue weighted by Gasteiger charge is -2.23. The second-order valence-corrected chi connectivity index (χ2v) is 4.64. The average molecular weight is 273 g/mol. The number of urea groups is 1. The Balaban J connectivity index is 2.04. The highest BCUT2D eigenvalue weighted by molar-refractivity contribution is 6.30. The lowest BCUT2D eigenvalue weighted by Crippen LogP contribution is -2.40. The molecule has 2 rings (SSSR count). The zero-order valence-electron chi connectivity index (χ0n) is 9.70. The normalized spacial score (nSPS) is 19.1. The maximum absolute atomic E-state index is 13.2. The third kappa shape index (κ3) is 2.73. The first-order valence-corrected chi connectivity index (χ1v) is 6.13. The Kier molecular flexibility index (Phi) is 4.04. The van der Waals surface area contributed by atoms with Gasteiger partial charge in [0.2, 0.25) is 0 Å². The minimum Gasteiger partial charge on any atom is -0.394 e. The Morgan fingerprint density at radius 3 is 3.06 bits per heavy atom. The Bertz CT molecular complexity index is 456. The summed E-state index contributed by atoms with van der Waals surface area (Å²) in [6.07, 6.45) is 1.66. The van der Waals surface area contributed by atoms with Crippen LogP contribution in [-0.2, 0) is 0 Å². The van der Waals surface area contributed by atoms with Crippen molar-refractivity contribution in [3.05, 3.63) is 29.0 Å². The van der Waals surface area contributed by atoms with Gasteiger partial charge in [-0.2, -0.15) is 0 Å². The number of nitrogens with one attached hydrogen (secondary N) is 1. The number of anilines is 1. The topological polar surface area (TPSA) is 52.6 Å². The molecule has 1 saturated heterocycles. The fourth-order valence-electron chi connectivity index (χ4n) is 2.06. The zero-order valence-corrected chi connectivity index (χ0v) is 10.5. The van der Waals surface area contributed by atoms with Gasteiger partial charge < -0.3 is 15.3 Å². The molecule has 1 heterocycles. The number of rotatable bonds is 2. The summed E-state index contributed by atoms with van der Waals surface area (Å²) in [7, 11) is 0. The Hall–Kier alpha value is -1.33. The van der Waals surface area contributed by atoms with Crippen LogP contribution in [0.1, 0.15) is 12.8 Å². The maximum atomic E-state index is 13.2. The first-order valence-electron chi connectivity index (χ1n) is 5.75. The molecule has 1 aliphatic heterocycles. The zero-order chi connectivity index (χ0) is 13.1. The van der Waals surface area contributed by atoms with Crippen LogP contribution in [0.5, 0.6) is 0 Å². The summed E-state index contributed by atoms with van der Waals surface area (Å²) in [6, 6.07) is 3.62. The van der Waals surface area contributed by atoms with E-state index in [1.54, 1.807) is 4.90 Å². The number of aliphatic hydroxyl groups excluding tert-OH is 1. The Labute approximate surface area is 109 Å². The van der Waals surface area contributed by atoms with E-state index in [0.717, 1.165) is 12.8 Å². The van der Waals surface area contributed by atoms with Gasteiger partial charge in [-0.05, 0) is 31.0 Å². The number of likely N-dealkylation sites (tertiary alicyclic amines) is 1. The molecule has 0 aliphatic carbocycles. The van der Waals surface area contributed by atoms with Gasteiger partial charge in [0.05, 0.1) is 17.7 Å². The monoisotopic (exact) mass is 272 g/mol. The van der Waals surface area contributed by atoms with Crippen molar-refractivity contribution in [2.45, 2.75) is 18.9 Å². The average Bonchev–Trinajstić information content (AvgIpc) is 2.82. The number of carbonyl (C=O) groups excluding carboxylic acids is 1. The molecular formula is C12H14ClFN2O2. The van der Waals surface area contributed by atoms with E-state index in [1.807, 2.05) is 0 Å². The van der Waals surface area contributed by atoms with Crippen molar-refractivity contribution >= 4 is 23.3 Å². The van der Waals surface area contributed by atoms with Gasteiger partial charge in [0.25, 0.3) is 0 Å². The third-order valence-corrected chi connectivity index (χ3v) is 3.33. The number of aliphatic hydroxyl groups is 1. The Morgan fingerprint density at radius 1 is 1.61 bits per heavy atom. The van der Waals surface area contributed by atoms with Crippen LogP contribution in [0.25, 0.3) is 0 Å². The molecule has 0 radical (unpaired) electrons. The van der Waals surface area contributed by atoms with Crippen molar-refractivity contribution in [2.75, 3.05) is 18.5 Å². The molecule has 98 valence electrons. The summed E-state index contributed by atoms with van der Waals surface area (Å²) < 4.78 is 13.2. The van der Waals surface area contributed by atoms with Crippen molar-refractivity contribution in [3.8, 4) is 0 Å². The van der Waals surface area contributed by atoms with E-state index in [1.165, 1.54) is 18.2 Å². The van der Waals surface area contributed by atoms with Gasteiger partial charge in [0, 0.05) is 12.2 Å². The van der Waals surface area contributed by atoms with Crippen LogP contribution >= 0.6 is 11.6 Å². The van der Waals surface area contributed by atoms with E-state index in [4.69, 9.17) is 16.7 Å². The SMILES string of the molecule is O=C(Nc1ccc(Cl)c(F)c1)N1CCC[C@H]1CO. The molecule has 0 spiro atoms. The molecule has 1 aromatic rings. The number of amides is 2. The van der Waals surface area contributed by atoms with E-state index in [-0.39, 0.29) is 23.7 Å². The third-order valence-electron chi connectivity index (χ3n) is 3.02. The lowest BCUT2D eigenvalue weighted by molar-refractivity contribution is 0.166. The van der Waals surface area contributed by atoms with E-state index < -0.39 is 5.82 Å². The molecule has 0 saturated carbocycles. The number of hydrogen-bond donors (Lipinski definition) is 2. The molecule has 2 amide bonds. The van der Waals surface area contributed by atoms with Gasteiger partial charge in [-0.25, -0.2) is 9.18 Å². The van der Waals surface area contributed by atoms with Crippen LogP contribution in [0.4, 0.5) is 14.9 Å². The summed E-state index contributed by atoms with van der Waals surface area (Å²) in [4.78, 5) is 13.5. The summed E-state index contributed by atoms with van der Waals surface area (Å²) in [6.45, 7) is 0.551. The minimum atomic E-state index is -0.574. The molecule has 1 atom stereocenters. The van der Waals surface area contributed by atoms with Crippen molar-refractivity contribution < 1.29 is 14.3 Å². The largest absolute Gasteiger partial charge is 0.394 e. The molecule has 0 unspecified atom stereocenters. The molecule has 2 N–H and O–H groups in total. The van der Waals surface area contributed by atoms with Crippen LogP contribution in [0.3, 0.4) is 0 Å². The fraction of sp³-hybridized carbons (Fsp3) is 0.417. The smallest absolute Gasteiger partial charge is 0.322 e. The van der Waals surface area contributed by atoms with Gasteiger partial charge in [0.15, 0.2) is 0 Å². The molecule has 18 heavy (non-hydrogen) atoms. The molecule has 0 bridgehead atoms. The molecular weight excluding hydrogens is 259 g/mol. The van der Waals surface area contributed by atoms with Gasteiger partial charge >= 0.3 is 6.03 Å². The second-order valence-electron chi connectivity index (χ2n) is 4.23. The standard InChI is InChI=1S/C12H14ClFN2O2/c13-10-4-3-8(6-11(10)14)15-12(18)16-5-1-2-9(16)7-17/h3-4,6,9,17H,1-2,5,7H2,(H,15,18)/t9-/m0/s1. The van der Waals surface area contributed by atoms with Gasteiger partial charge in [-0.3, -0.25) is 0 Å². The highest BCUT2D eigenvalue weighted by Crippen LogP contribution is 2.21. The van der Waals surface area contributed by atoms with Crippen LogP contribution in [-0.4, -0.2) is 35.2 Å². The van der Waals surface area contributed by atoms with Crippen LogP contribution in [0.2, 0.25) is 5.02 Å². The first kappa shape index (κ1) is 13.1. The van der Waals surface area contributed by atoms with Gasteiger partial charge in [-0.15, -0.1) is 0 Å². The van der Waals surface area contributed by atoms with Gasteiger partial charge in [-0.1, -0.05) is 11.6 Å². The van der Waals surface area contributed by atoms with Crippen molar-refractivity contribution in [3.63, 3.8) is 0 Å². The molecule has 1 aliphatic rings. The van der Waals surface area contributed by atoms with E-state index >= 15 is 0 Å². The lowest BCUT2D eigenvalue weighted by atomic mass is 10.2. The molecule has 0 aromatic heterocycles. The fourth-order valence-corrected chi connectivity index (χ4v) is 2.18. The van der Waals surface area contributed by atoms with E-state index in [9.17, 15) is 9.18 Å². The minimum absolute atomic E-state index is 0.0161. The van der Waals surface area contributed by atoms with E-state index in [0.29, 0.717) is 12.2 Å². The first-order chi connectivity index (χ1) is 8.61. The van der Waals surface area contributed by atoms with Crippen LogP contribution in [0.15, 0.2) is 18.2 Å². The number of carbonyl (C=O) groups is 1. The number of hydrogen-bond acceptors (Lipinski definition) is 2. The predicted octanol–water partition coefficient (Wildman–Crippen LogP) is 2.47. The molecule has 1 fully saturated rings. The van der Waals surface area contributed by atoms with Crippen LogP contribution < -0.4 is 5.32 Å². The number of nitrogens with zero attached hydrogens (tertiary/aromatic N) is 1. The van der Waals surface area contributed by atoms with Crippen molar-refractivity contribution in [2.24, 2.45) is 0 Å². The molecule has 4 nitrogen and oxygen atoms in total.